The van der Waals surface area contributed by atoms with E-state index in [-0.39, 0.29) is 36.9 Å². The summed E-state index contributed by atoms with van der Waals surface area (Å²) in [5.41, 5.74) is 3.34. The second-order valence-corrected chi connectivity index (χ2v) is 8.65. The van der Waals surface area contributed by atoms with Gasteiger partial charge in [0.15, 0.2) is 12.6 Å². The lowest BCUT2D eigenvalue weighted by Gasteiger charge is -2.37. The van der Waals surface area contributed by atoms with Crippen LogP contribution in [0.15, 0.2) is 91.0 Å². The fourth-order valence-electron chi connectivity index (χ4n) is 5.11. The zero-order valence-electron chi connectivity index (χ0n) is 17.8. The van der Waals surface area contributed by atoms with Crippen LogP contribution in [0, 0.1) is 0 Å². The lowest BCUT2D eigenvalue weighted by molar-refractivity contribution is -0.278. The predicted molar refractivity (Wildman–Crippen MR) is 120 cm³/mol. The minimum absolute atomic E-state index is 0.0854. The number of hydrogen-bond acceptors (Lipinski definition) is 5. The fourth-order valence-corrected chi connectivity index (χ4v) is 5.11. The van der Waals surface area contributed by atoms with E-state index in [9.17, 15) is 0 Å². The van der Waals surface area contributed by atoms with E-state index < -0.39 is 0 Å². The maximum absolute atomic E-state index is 6.57. The van der Waals surface area contributed by atoms with Gasteiger partial charge in [-0.3, -0.25) is 4.90 Å². The van der Waals surface area contributed by atoms with Gasteiger partial charge >= 0.3 is 0 Å². The van der Waals surface area contributed by atoms with E-state index in [4.69, 9.17) is 18.9 Å². The van der Waals surface area contributed by atoms with Gasteiger partial charge in [-0.05, 0) is 5.56 Å². The number of rotatable bonds is 4. The van der Waals surface area contributed by atoms with Crippen molar-refractivity contribution in [3.05, 3.63) is 108 Å². The van der Waals surface area contributed by atoms with Crippen molar-refractivity contribution in [1.29, 1.82) is 0 Å². The third kappa shape index (κ3) is 3.76. The average Bonchev–Trinajstić information content (AvgIpc) is 3.18. The normalized spacial score (nSPS) is 32.2. The summed E-state index contributed by atoms with van der Waals surface area (Å²) >= 11 is 0. The standard InChI is InChI=1S/C27H27NO4/c1-4-10-19(11-5-1)16-28-22-17-29-26(20-12-6-2-7-13-20)31-24(22)25-23(28)18-30-27(32-25)21-14-8-3-9-15-21/h1-15,22-27H,16-18H2/t22-,23-,24+,25+,26+,27+/m0/s1. The van der Waals surface area contributed by atoms with Crippen molar-refractivity contribution in [2.75, 3.05) is 13.2 Å². The molecule has 3 fully saturated rings. The van der Waals surface area contributed by atoms with Crippen LogP contribution >= 0.6 is 0 Å². The Morgan fingerprint density at radius 1 is 0.594 bits per heavy atom. The largest absolute Gasteiger partial charge is 0.347 e. The van der Waals surface area contributed by atoms with Crippen molar-refractivity contribution in [2.24, 2.45) is 0 Å². The Labute approximate surface area is 188 Å². The molecule has 0 unspecified atom stereocenters. The van der Waals surface area contributed by atoms with Crippen LogP contribution in [-0.4, -0.2) is 42.4 Å². The molecule has 6 rings (SSSR count). The van der Waals surface area contributed by atoms with Gasteiger partial charge in [-0.15, -0.1) is 0 Å². The highest BCUT2D eigenvalue weighted by Gasteiger charge is 2.56. The average molecular weight is 430 g/mol. The summed E-state index contributed by atoms with van der Waals surface area (Å²) in [5, 5.41) is 0. The van der Waals surface area contributed by atoms with Crippen LogP contribution in [-0.2, 0) is 25.5 Å². The van der Waals surface area contributed by atoms with Crippen molar-refractivity contribution in [2.45, 2.75) is 43.4 Å². The first-order valence-electron chi connectivity index (χ1n) is 11.3. The Hall–Kier alpha value is -2.54. The first-order valence-corrected chi connectivity index (χ1v) is 11.3. The molecule has 3 aromatic carbocycles. The molecule has 3 saturated heterocycles. The SMILES string of the molecule is c1ccc(CN2[C@H]3CO[C@@H](c4ccccc4)O[C@H]3[C@@H]3O[C@H](c4ccccc4)OC[C@@H]32)cc1. The first-order chi connectivity index (χ1) is 15.9. The highest BCUT2D eigenvalue weighted by Crippen LogP contribution is 2.43. The Balaban J connectivity index is 1.28. The molecule has 5 heteroatoms. The van der Waals surface area contributed by atoms with Gasteiger partial charge in [-0.1, -0.05) is 91.0 Å². The van der Waals surface area contributed by atoms with Crippen LogP contribution in [0.2, 0.25) is 0 Å². The minimum atomic E-state index is -0.378. The van der Waals surface area contributed by atoms with Crippen LogP contribution in [0.25, 0.3) is 0 Å². The monoisotopic (exact) mass is 429 g/mol. The Morgan fingerprint density at radius 2 is 1.03 bits per heavy atom. The number of nitrogens with zero attached hydrogens (tertiary/aromatic N) is 1. The topological polar surface area (TPSA) is 40.2 Å². The molecule has 3 heterocycles. The zero-order chi connectivity index (χ0) is 21.3. The van der Waals surface area contributed by atoms with Crippen LogP contribution in [0.4, 0.5) is 0 Å². The van der Waals surface area contributed by atoms with Crippen LogP contribution in [0.1, 0.15) is 29.3 Å². The van der Waals surface area contributed by atoms with Gasteiger partial charge in [0, 0.05) is 17.7 Å². The summed E-state index contributed by atoms with van der Waals surface area (Å²) in [6, 6.07) is 31.1. The van der Waals surface area contributed by atoms with E-state index >= 15 is 0 Å². The maximum Gasteiger partial charge on any atom is 0.184 e. The van der Waals surface area contributed by atoms with Gasteiger partial charge < -0.3 is 18.9 Å². The molecule has 0 spiro atoms. The van der Waals surface area contributed by atoms with Crippen molar-refractivity contribution >= 4 is 0 Å². The number of hydrogen-bond donors (Lipinski definition) is 0. The smallest absolute Gasteiger partial charge is 0.184 e. The Bertz CT molecular complexity index is 952. The van der Waals surface area contributed by atoms with Crippen molar-refractivity contribution < 1.29 is 18.9 Å². The number of fused-ring (bicyclic) bond motifs is 3. The molecule has 164 valence electrons. The van der Waals surface area contributed by atoms with Gasteiger partial charge in [0.05, 0.1) is 25.3 Å². The van der Waals surface area contributed by atoms with Crippen LogP contribution < -0.4 is 0 Å². The summed E-state index contributed by atoms with van der Waals surface area (Å²) in [6.45, 7) is 2.02. The zero-order valence-corrected chi connectivity index (χ0v) is 17.8. The number of benzene rings is 3. The van der Waals surface area contributed by atoms with Crippen LogP contribution in [0.3, 0.4) is 0 Å². The van der Waals surface area contributed by atoms with E-state index in [0.29, 0.717) is 13.2 Å². The van der Waals surface area contributed by atoms with Gasteiger partial charge in [0.25, 0.3) is 0 Å². The molecule has 3 aromatic rings. The summed E-state index contributed by atoms with van der Waals surface area (Å²) in [7, 11) is 0. The summed E-state index contributed by atoms with van der Waals surface area (Å²) in [6.07, 6.45) is -0.927. The molecule has 0 aromatic heterocycles. The van der Waals surface area contributed by atoms with E-state index in [1.807, 2.05) is 42.5 Å². The maximum atomic E-state index is 6.57. The molecular weight excluding hydrogens is 402 g/mol. The van der Waals surface area contributed by atoms with Crippen molar-refractivity contribution in [3.8, 4) is 0 Å². The highest BCUT2D eigenvalue weighted by molar-refractivity contribution is 5.21. The van der Waals surface area contributed by atoms with Crippen LogP contribution in [0.5, 0.6) is 0 Å². The number of ether oxygens (including phenoxy) is 4. The Kier molecular flexibility index (Phi) is 5.51. The van der Waals surface area contributed by atoms with Gasteiger partial charge in [0.1, 0.15) is 12.2 Å². The molecule has 3 aliphatic rings. The molecule has 0 aliphatic carbocycles. The van der Waals surface area contributed by atoms with Gasteiger partial charge in [-0.2, -0.15) is 0 Å². The molecule has 3 aliphatic heterocycles. The molecule has 0 N–H and O–H groups in total. The molecule has 6 atom stereocenters. The van der Waals surface area contributed by atoms with E-state index in [2.05, 4.69) is 53.4 Å². The predicted octanol–water partition coefficient (Wildman–Crippen LogP) is 4.47. The third-order valence-corrected chi connectivity index (χ3v) is 6.68. The fraction of sp³-hybridized carbons (Fsp3) is 0.333. The third-order valence-electron chi connectivity index (χ3n) is 6.68. The quantitative estimate of drug-likeness (QED) is 0.612. The molecule has 32 heavy (non-hydrogen) atoms. The molecule has 0 amide bonds. The molecule has 5 nitrogen and oxygen atoms in total. The second kappa shape index (κ2) is 8.77. The number of likely N-dealkylation sites (tertiary alicyclic amines) is 1. The second-order valence-electron chi connectivity index (χ2n) is 8.65. The van der Waals surface area contributed by atoms with Gasteiger partial charge in [-0.25, -0.2) is 0 Å². The lowest BCUT2D eigenvalue weighted by atomic mass is 10.0. The summed E-state index contributed by atoms with van der Waals surface area (Å²) in [5.74, 6) is 0. The van der Waals surface area contributed by atoms with Crippen molar-refractivity contribution in [1.82, 2.24) is 4.90 Å². The summed E-state index contributed by atoms with van der Waals surface area (Å²) in [4.78, 5) is 2.45. The Morgan fingerprint density at radius 3 is 1.50 bits per heavy atom. The van der Waals surface area contributed by atoms with E-state index in [1.54, 1.807) is 0 Å². The molecule has 0 radical (unpaired) electrons. The molecule has 0 bridgehead atoms. The van der Waals surface area contributed by atoms with E-state index in [0.717, 1.165) is 17.7 Å². The lowest BCUT2D eigenvalue weighted by Crippen LogP contribution is -2.47. The molecule has 0 saturated carbocycles. The summed E-state index contributed by atoms with van der Waals surface area (Å²) < 4.78 is 25.6. The highest BCUT2D eigenvalue weighted by atomic mass is 16.7. The molecular formula is C27H27NO4. The van der Waals surface area contributed by atoms with E-state index in [1.165, 1.54) is 5.56 Å². The minimum Gasteiger partial charge on any atom is -0.347 e. The van der Waals surface area contributed by atoms with Gasteiger partial charge in [0.2, 0.25) is 0 Å². The van der Waals surface area contributed by atoms with Crippen molar-refractivity contribution in [3.63, 3.8) is 0 Å². The first kappa shape index (κ1) is 20.1.